The molecule has 0 bridgehead atoms. The van der Waals surface area contributed by atoms with E-state index in [1.165, 1.54) is 35.2 Å². The number of hydrogen-bond acceptors (Lipinski definition) is 7. The standard InChI is InChI=1S/C14H9N3O4S2/c18-16(19)10-6-5-9(12(7-10)17(20)21)8-22-14-15-11-3-1-2-4-13(11)23-14/h1-7H,8H2. The zero-order valence-electron chi connectivity index (χ0n) is 11.5. The summed E-state index contributed by atoms with van der Waals surface area (Å²) in [6, 6.07) is 11.4. The van der Waals surface area contributed by atoms with Crippen LogP contribution in [0.25, 0.3) is 10.2 Å². The van der Waals surface area contributed by atoms with E-state index in [2.05, 4.69) is 4.98 Å². The van der Waals surface area contributed by atoms with Gasteiger partial charge in [0.25, 0.3) is 11.4 Å². The molecule has 0 saturated heterocycles. The predicted octanol–water partition coefficient (Wildman–Crippen LogP) is 4.41. The van der Waals surface area contributed by atoms with Gasteiger partial charge in [0, 0.05) is 17.4 Å². The number of benzene rings is 2. The second kappa shape index (κ2) is 6.31. The number of non-ortho nitro benzene ring substituents is 1. The summed E-state index contributed by atoms with van der Waals surface area (Å²) in [4.78, 5) is 25.1. The summed E-state index contributed by atoms with van der Waals surface area (Å²) in [5.74, 6) is 0.328. The van der Waals surface area contributed by atoms with E-state index in [9.17, 15) is 20.2 Å². The summed E-state index contributed by atoms with van der Waals surface area (Å²) >= 11 is 2.89. The van der Waals surface area contributed by atoms with Gasteiger partial charge in [-0.2, -0.15) is 0 Å². The minimum absolute atomic E-state index is 0.243. The van der Waals surface area contributed by atoms with Gasteiger partial charge in [-0.1, -0.05) is 23.9 Å². The summed E-state index contributed by atoms with van der Waals surface area (Å²) in [6.45, 7) is 0. The first-order chi connectivity index (χ1) is 11.0. The molecular formula is C14H9N3O4S2. The van der Waals surface area contributed by atoms with Crippen molar-refractivity contribution in [3.8, 4) is 0 Å². The largest absolute Gasteiger partial charge is 0.280 e. The van der Waals surface area contributed by atoms with Crippen LogP contribution in [0.4, 0.5) is 11.4 Å². The lowest BCUT2D eigenvalue weighted by molar-refractivity contribution is -0.394. The number of fused-ring (bicyclic) bond motifs is 1. The fourth-order valence-electron chi connectivity index (χ4n) is 2.01. The van der Waals surface area contributed by atoms with Crippen molar-refractivity contribution >= 4 is 44.7 Å². The smallest absolute Gasteiger partial charge is 0.258 e. The van der Waals surface area contributed by atoms with Crippen LogP contribution in [0.3, 0.4) is 0 Å². The molecule has 0 amide bonds. The molecule has 0 aliphatic heterocycles. The number of nitro benzene ring substituents is 2. The Morgan fingerprint density at radius 1 is 1.09 bits per heavy atom. The van der Waals surface area contributed by atoms with Crippen LogP contribution in [-0.4, -0.2) is 14.8 Å². The first-order valence-corrected chi connectivity index (χ1v) is 8.25. The van der Waals surface area contributed by atoms with Crippen molar-refractivity contribution in [3.63, 3.8) is 0 Å². The van der Waals surface area contributed by atoms with Crippen molar-refractivity contribution in [1.82, 2.24) is 4.98 Å². The summed E-state index contributed by atoms with van der Waals surface area (Å²) in [5, 5.41) is 21.8. The average molecular weight is 347 g/mol. The second-order valence-electron chi connectivity index (χ2n) is 4.56. The van der Waals surface area contributed by atoms with Crippen LogP contribution in [0.2, 0.25) is 0 Å². The average Bonchev–Trinajstić information content (AvgIpc) is 2.95. The fraction of sp³-hybridized carbons (Fsp3) is 0.0714. The van der Waals surface area contributed by atoms with Gasteiger partial charge in [0.05, 0.1) is 26.1 Å². The molecule has 9 heteroatoms. The van der Waals surface area contributed by atoms with E-state index < -0.39 is 9.85 Å². The maximum Gasteiger partial charge on any atom is 0.280 e. The van der Waals surface area contributed by atoms with Gasteiger partial charge in [-0.3, -0.25) is 20.2 Å². The van der Waals surface area contributed by atoms with Gasteiger partial charge in [0.15, 0.2) is 4.34 Å². The molecule has 0 spiro atoms. The lowest BCUT2D eigenvalue weighted by atomic mass is 10.2. The second-order valence-corrected chi connectivity index (χ2v) is 6.82. The van der Waals surface area contributed by atoms with Crippen LogP contribution in [0.1, 0.15) is 5.56 Å². The maximum absolute atomic E-state index is 11.1. The molecule has 2 aromatic carbocycles. The van der Waals surface area contributed by atoms with Crippen molar-refractivity contribution in [2.75, 3.05) is 0 Å². The highest BCUT2D eigenvalue weighted by Gasteiger charge is 2.19. The molecule has 0 atom stereocenters. The lowest BCUT2D eigenvalue weighted by Gasteiger charge is -2.01. The monoisotopic (exact) mass is 347 g/mol. The molecule has 0 unspecified atom stereocenters. The molecule has 23 heavy (non-hydrogen) atoms. The third kappa shape index (κ3) is 3.30. The van der Waals surface area contributed by atoms with Gasteiger partial charge < -0.3 is 0 Å². The normalized spacial score (nSPS) is 10.8. The SMILES string of the molecule is O=[N+]([O-])c1ccc(CSc2nc3ccccc3s2)c([N+](=O)[O-])c1. The van der Waals surface area contributed by atoms with Gasteiger partial charge in [0.1, 0.15) is 0 Å². The van der Waals surface area contributed by atoms with E-state index in [4.69, 9.17) is 0 Å². The molecule has 0 fully saturated rings. The number of thiazole rings is 1. The van der Waals surface area contributed by atoms with E-state index in [0.29, 0.717) is 11.3 Å². The number of hydrogen-bond donors (Lipinski definition) is 0. The molecule has 1 aromatic heterocycles. The third-order valence-corrected chi connectivity index (χ3v) is 5.33. The Kier molecular flexibility index (Phi) is 4.22. The molecule has 0 N–H and O–H groups in total. The highest BCUT2D eigenvalue weighted by molar-refractivity contribution is 8.00. The van der Waals surface area contributed by atoms with Crippen LogP contribution in [0, 0.1) is 20.2 Å². The summed E-state index contributed by atoms with van der Waals surface area (Å²) < 4.78 is 1.85. The fourth-order valence-corrected chi connectivity index (χ4v) is 4.07. The summed E-state index contributed by atoms with van der Waals surface area (Å²) in [5.41, 5.74) is 0.793. The van der Waals surface area contributed by atoms with Crippen molar-refractivity contribution in [3.05, 3.63) is 68.3 Å². The van der Waals surface area contributed by atoms with Gasteiger partial charge in [-0.25, -0.2) is 4.98 Å². The Hall–Kier alpha value is -2.52. The van der Waals surface area contributed by atoms with Crippen LogP contribution in [0.5, 0.6) is 0 Å². The van der Waals surface area contributed by atoms with E-state index in [1.807, 2.05) is 24.3 Å². The minimum atomic E-state index is -0.641. The van der Waals surface area contributed by atoms with Crippen LogP contribution < -0.4 is 0 Å². The first-order valence-electron chi connectivity index (χ1n) is 6.44. The molecule has 3 rings (SSSR count). The van der Waals surface area contributed by atoms with Crippen LogP contribution in [0.15, 0.2) is 46.8 Å². The van der Waals surface area contributed by atoms with E-state index in [0.717, 1.165) is 20.6 Å². The lowest BCUT2D eigenvalue weighted by Crippen LogP contribution is -1.96. The van der Waals surface area contributed by atoms with E-state index >= 15 is 0 Å². The number of aromatic nitrogens is 1. The number of nitro groups is 2. The van der Waals surface area contributed by atoms with Gasteiger partial charge in [0.2, 0.25) is 0 Å². The Morgan fingerprint density at radius 2 is 1.87 bits per heavy atom. The molecule has 0 radical (unpaired) electrons. The van der Waals surface area contributed by atoms with Gasteiger partial charge in [-0.05, 0) is 18.2 Å². The van der Waals surface area contributed by atoms with Crippen LogP contribution >= 0.6 is 23.1 Å². The highest BCUT2D eigenvalue weighted by Crippen LogP contribution is 2.34. The van der Waals surface area contributed by atoms with Crippen molar-refractivity contribution in [2.24, 2.45) is 0 Å². The molecule has 116 valence electrons. The topological polar surface area (TPSA) is 99.2 Å². The van der Waals surface area contributed by atoms with Crippen molar-refractivity contribution in [2.45, 2.75) is 10.1 Å². The molecule has 0 aliphatic rings. The highest BCUT2D eigenvalue weighted by atomic mass is 32.2. The predicted molar refractivity (Wildman–Crippen MR) is 88.9 cm³/mol. The van der Waals surface area contributed by atoms with E-state index in [-0.39, 0.29) is 11.4 Å². The quantitative estimate of drug-likeness (QED) is 0.385. The number of thioether (sulfide) groups is 1. The zero-order valence-corrected chi connectivity index (χ0v) is 13.2. The molecule has 1 heterocycles. The van der Waals surface area contributed by atoms with Crippen molar-refractivity contribution in [1.29, 1.82) is 0 Å². The summed E-state index contributed by atoms with van der Waals surface area (Å²) in [7, 11) is 0. The number of nitrogens with zero attached hydrogens (tertiary/aromatic N) is 3. The molecule has 7 nitrogen and oxygen atoms in total. The molecule has 0 aliphatic carbocycles. The Bertz CT molecular complexity index is 877. The Labute approximate surface area is 138 Å². The van der Waals surface area contributed by atoms with Crippen LogP contribution in [-0.2, 0) is 5.75 Å². The van der Waals surface area contributed by atoms with Gasteiger partial charge in [-0.15, -0.1) is 11.3 Å². The number of para-hydroxylation sites is 1. The Morgan fingerprint density at radius 3 is 2.57 bits per heavy atom. The number of rotatable bonds is 5. The van der Waals surface area contributed by atoms with Gasteiger partial charge >= 0.3 is 0 Å². The maximum atomic E-state index is 11.1. The third-order valence-electron chi connectivity index (χ3n) is 3.10. The summed E-state index contributed by atoms with van der Waals surface area (Å²) in [6.07, 6.45) is 0. The minimum Gasteiger partial charge on any atom is -0.258 e. The first kappa shape index (κ1) is 15.4. The molecule has 0 saturated carbocycles. The van der Waals surface area contributed by atoms with Crippen molar-refractivity contribution < 1.29 is 9.85 Å². The van der Waals surface area contributed by atoms with E-state index in [1.54, 1.807) is 0 Å². The molecular weight excluding hydrogens is 338 g/mol. The molecule has 3 aromatic rings. The zero-order chi connectivity index (χ0) is 16.4. The Balaban J connectivity index is 1.84.